The van der Waals surface area contributed by atoms with Gasteiger partial charge in [-0.1, -0.05) is 26.0 Å². The van der Waals surface area contributed by atoms with Gasteiger partial charge < -0.3 is 10.2 Å². The minimum atomic E-state index is -0.00261. The van der Waals surface area contributed by atoms with Crippen molar-refractivity contribution in [1.82, 2.24) is 9.80 Å². The molecule has 0 unspecified atom stereocenters. The molecule has 1 aliphatic rings. The number of piperazine rings is 1. The SMILES string of the molecule is CC(=O)N1CCN(CC(=O)Nc2cccc(C(C)C)c2)CC1. The summed E-state index contributed by atoms with van der Waals surface area (Å²) >= 11 is 0. The number of rotatable bonds is 4. The number of nitrogens with zero attached hydrogens (tertiary/aromatic N) is 2. The first-order valence-electron chi connectivity index (χ1n) is 7.83. The predicted molar refractivity (Wildman–Crippen MR) is 87.9 cm³/mol. The number of carbonyl (C=O) groups is 2. The Morgan fingerprint density at radius 2 is 1.86 bits per heavy atom. The molecule has 0 aliphatic carbocycles. The minimum Gasteiger partial charge on any atom is -0.340 e. The van der Waals surface area contributed by atoms with E-state index in [1.54, 1.807) is 6.92 Å². The van der Waals surface area contributed by atoms with Crippen LogP contribution in [0, 0.1) is 0 Å². The molecule has 1 heterocycles. The van der Waals surface area contributed by atoms with E-state index in [1.807, 2.05) is 23.1 Å². The van der Waals surface area contributed by atoms with Crippen LogP contribution in [0.5, 0.6) is 0 Å². The van der Waals surface area contributed by atoms with E-state index >= 15 is 0 Å². The quantitative estimate of drug-likeness (QED) is 0.924. The Morgan fingerprint density at radius 3 is 2.45 bits per heavy atom. The number of benzene rings is 1. The van der Waals surface area contributed by atoms with Crippen molar-refractivity contribution in [1.29, 1.82) is 0 Å². The largest absolute Gasteiger partial charge is 0.340 e. The fourth-order valence-electron chi connectivity index (χ4n) is 2.60. The van der Waals surface area contributed by atoms with Crippen molar-refractivity contribution in [2.75, 3.05) is 38.0 Å². The molecule has 120 valence electrons. The van der Waals surface area contributed by atoms with Crippen molar-refractivity contribution in [2.45, 2.75) is 26.7 Å². The highest BCUT2D eigenvalue weighted by atomic mass is 16.2. The fourth-order valence-corrected chi connectivity index (χ4v) is 2.60. The molecule has 2 rings (SSSR count). The normalized spacial score (nSPS) is 15.9. The molecule has 0 radical (unpaired) electrons. The molecule has 0 atom stereocenters. The zero-order valence-corrected chi connectivity index (χ0v) is 13.6. The number of nitrogens with one attached hydrogen (secondary N) is 1. The van der Waals surface area contributed by atoms with Gasteiger partial charge in [-0.15, -0.1) is 0 Å². The van der Waals surface area contributed by atoms with Crippen LogP contribution in [0.2, 0.25) is 0 Å². The number of amides is 2. The number of carbonyl (C=O) groups excluding carboxylic acids is 2. The second-order valence-electron chi connectivity index (χ2n) is 6.11. The first-order valence-corrected chi connectivity index (χ1v) is 7.83. The summed E-state index contributed by atoms with van der Waals surface area (Å²) in [5, 5.41) is 2.96. The molecular weight excluding hydrogens is 278 g/mol. The molecule has 0 aromatic heterocycles. The Morgan fingerprint density at radius 1 is 1.18 bits per heavy atom. The van der Waals surface area contributed by atoms with E-state index < -0.39 is 0 Å². The average Bonchev–Trinajstić information content (AvgIpc) is 2.47. The number of hydrogen-bond acceptors (Lipinski definition) is 3. The second-order valence-corrected chi connectivity index (χ2v) is 6.11. The molecule has 0 bridgehead atoms. The fraction of sp³-hybridized carbons (Fsp3) is 0.529. The van der Waals surface area contributed by atoms with E-state index in [0.29, 0.717) is 25.6 Å². The van der Waals surface area contributed by atoms with Crippen LogP contribution < -0.4 is 5.32 Å². The van der Waals surface area contributed by atoms with Gasteiger partial charge >= 0.3 is 0 Å². The molecule has 2 amide bonds. The summed E-state index contributed by atoms with van der Waals surface area (Å²) in [7, 11) is 0. The molecule has 22 heavy (non-hydrogen) atoms. The van der Waals surface area contributed by atoms with Crippen molar-refractivity contribution in [3.8, 4) is 0 Å². The molecule has 1 aromatic rings. The van der Waals surface area contributed by atoms with Gasteiger partial charge in [-0.3, -0.25) is 14.5 Å². The zero-order chi connectivity index (χ0) is 16.1. The smallest absolute Gasteiger partial charge is 0.238 e. The third kappa shape index (κ3) is 4.56. The van der Waals surface area contributed by atoms with Gasteiger partial charge in [0.2, 0.25) is 11.8 Å². The Bertz CT molecular complexity index is 534. The van der Waals surface area contributed by atoms with Gasteiger partial charge in [0.05, 0.1) is 6.54 Å². The number of anilines is 1. The minimum absolute atomic E-state index is 0.00261. The standard InChI is InChI=1S/C17H25N3O2/c1-13(2)15-5-4-6-16(11-15)18-17(22)12-19-7-9-20(10-8-19)14(3)21/h4-6,11,13H,7-10,12H2,1-3H3,(H,18,22). The lowest BCUT2D eigenvalue weighted by Crippen LogP contribution is -2.49. The summed E-state index contributed by atoms with van der Waals surface area (Å²) in [5.74, 6) is 0.545. The molecule has 5 nitrogen and oxygen atoms in total. The zero-order valence-electron chi connectivity index (χ0n) is 13.6. The molecule has 0 spiro atoms. The van der Waals surface area contributed by atoms with E-state index in [9.17, 15) is 9.59 Å². The van der Waals surface area contributed by atoms with Gasteiger partial charge in [0.1, 0.15) is 0 Å². The van der Waals surface area contributed by atoms with Crippen molar-refractivity contribution in [2.24, 2.45) is 0 Å². The summed E-state index contributed by atoms with van der Waals surface area (Å²) in [5.41, 5.74) is 2.06. The van der Waals surface area contributed by atoms with Crippen LogP contribution in [0.1, 0.15) is 32.3 Å². The lowest BCUT2D eigenvalue weighted by atomic mass is 10.0. The van der Waals surface area contributed by atoms with Crippen molar-refractivity contribution >= 4 is 17.5 Å². The van der Waals surface area contributed by atoms with E-state index in [4.69, 9.17) is 0 Å². The summed E-state index contributed by atoms with van der Waals surface area (Å²) in [6, 6.07) is 7.98. The molecular formula is C17H25N3O2. The van der Waals surface area contributed by atoms with Gasteiger partial charge in [-0.05, 0) is 23.6 Å². The van der Waals surface area contributed by atoms with Crippen molar-refractivity contribution in [3.63, 3.8) is 0 Å². The van der Waals surface area contributed by atoms with Gasteiger partial charge in [-0.25, -0.2) is 0 Å². The molecule has 0 saturated carbocycles. The molecule has 1 saturated heterocycles. The second kappa shape index (κ2) is 7.40. The van der Waals surface area contributed by atoms with E-state index in [1.165, 1.54) is 5.56 Å². The molecule has 1 N–H and O–H groups in total. The highest BCUT2D eigenvalue weighted by molar-refractivity contribution is 5.92. The predicted octanol–water partition coefficient (Wildman–Crippen LogP) is 1.91. The van der Waals surface area contributed by atoms with E-state index in [0.717, 1.165) is 18.8 Å². The van der Waals surface area contributed by atoms with E-state index in [2.05, 4.69) is 30.1 Å². The Kier molecular flexibility index (Phi) is 5.55. The highest BCUT2D eigenvalue weighted by Gasteiger charge is 2.20. The van der Waals surface area contributed by atoms with E-state index in [-0.39, 0.29) is 11.8 Å². The van der Waals surface area contributed by atoms with Gasteiger partial charge in [-0.2, -0.15) is 0 Å². The Balaban J connectivity index is 1.83. The first kappa shape index (κ1) is 16.5. The van der Waals surface area contributed by atoms with Crippen LogP contribution in [0.4, 0.5) is 5.69 Å². The maximum Gasteiger partial charge on any atom is 0.238 e. The third-order valence-electron chi connectivity index (χ3n) is 4.02. The topological polar surface area (TPSA) is 52.7 Å². The molecule has 5 heteroatoms. The van der Waals surface area contributed by atoms with Crippen LogP contribution >= 0.6 is 0 Å². The van der Waals surface area contributed by atoms with Gasteiger partial charge in [0.15, 0.2) is 0 Å². The highest BCUT2D eigenvalue weighted by Crippen LogP contribution is 2.18. The summed E-state index contributed by atoms with van der Waals surface area (Å²) in [6.45, 7) is 9.13. The van der Waals surface area contributed by atoms with Crippen LogP contribution in [0.3, 0.4) is 0 Å². The molecule has 1 aromatic carbocycles. The third-order valence-corrected chi connectivity index (χ3v) is 4.02. The van der Waals surface area contributed by atoms with Crippen LogP contribution in [-0.4, -0.2) is 54.3 Å². The van der Waals surface area contributed by atoms with Crippen molar-refractivity contribution < 1.29 is 9.59 Å². The Hall–Kier alpha value is -1.88. The van der Waals surface area contributed by atoms with Crippen molar-refractivity contribution in [3.05, 3.63) is 29.8 Å². The summed E-state index contributed by atoms with van der Waals surface area (Å²) < 4.78 is 0. The van der Waals surface area contributed by atoms with Crippen LogP contribution in [-0.2, 0) is 9.59 Å². The Labute approximate surface area is 132 Å². The first-order chi connectivity index (χ1) is 10.5. The molecule has 1 aliphatic heterocycles. The lowest BCUT2D eigenvalue weighted by Gasteiger charge is -2.33. The lowest BCUT2D eigenvalue weighted by molar-refractivity contribution is -0.130. The van der Waals surface area contributed by atoms with Crippen LogP contribution in [0.25, 0.3) is 0 Å². The maximum absolute atomic E-state index is 12.1. The van der Waals surface area contributed by atoms with Gasteiger partial charge in [0.25, 0.3) is 0 Å². The average molecular weight is 303 g/mol. The van der Waals surface area contributed by atoms with Gasteiger partial charge in [0, 0.05) is 38.8 Å². The van der Waals surface area contributed by atoms with Crippen LogP contribution in [0.15, 0.2) is 24.3 Å². The molecule has 1 fully saturated rings. The monoisotopic (exact) mass is 303 g/mol. The number of hydrogen-bond donors (Lipinski definition) is 1. The summed E-state index contributed by atoms with van der Waals surface area (Å²) in [6.07, 6.45) is 0. The summed E-state index contributed by atoms with van der Waals surface area (Å²) in [4.78, 5) is 27.3. The maximum atomic E-state index is 12.1.